The number of halogens is 3. The smallest absolute Gasteiger partial charge is 0.244 e. The van der Waals surface area contributed by atoms with E-state index in [9.17, 15) is 18.0 Å². The molecule has 0 saturated heterocycles. The average molecular weight is 535 g/mol. The zero-order chi connectivity index (χ0) is 24.9. The van der Waals surface area contributed by atoms with Crippen LogP contribution >= 0.6 is 34.8 Å². The van der Waals surface area contributed by atoms with E-state index in [0.29, 0.717) is 32.7 Å². The van der Waals surface area contributed by atoms with Crippen LogP contribution in [0.15, 0.2) is 36.4 Å². The van der Waals surface area contributed by atoms with E-state index in [1.54, 1.807) is 51.1 Å². The van der Waals surface area contributed by atoms with Gasteiger partial charge < -0.3 is 10.2 Å². The number of benzene rings is 2. The van der Waals surface area contributed by atoms with Gasteiger partial charge in [0.1, 0.15) is 12.6 Å². The molecule has 7 nitrogen and oxygen atoms in total. The van der Waals surface area contributed by atoms with Crippen molar-refractivity contribution in [2.75, 3.05) is 23.7 Å². The van der Waals surface area contributed by atoms with Gasteiger partial charge in [-0.15, -0.1) is 0 Å². The lowest BCUT2D eigenvalue weighted by Gasteiger charge is -2.32. The lowest BCUT2D eigenvalue weighted by Crippen LogP contribution is -2.51. The second-order valence-corrected chi connectivity index (χ2v) is 10.7. The summed E-state index contributed by atoms with van der Waals surface area (Å²) in [7, 11) is -3.86. The van der Waals surface area contributed by atoms with Crippen LogP contribution in [0, 0.1) is 6.92 Å². The summed E-state index contributed by atoms with van der Waals surface area (Å²) in [5.41, 5.74) is 1.35. The molecule has 33 heavy (non-hydrogen) atoms. The third kappa shape index (κ3) is 6.99. The highest BCUT2D eigenvalue weighted by Crippen LogP contribution is 2.29. The number of hydrogen-bond acceptors (Lipinski definition) is 4. The number of rotatable bonds is 9. The molecule has 2 aromatic rings. The molecule has 0 bridgehead atoms. The van der Waals surface area contributed by atoms with E-state index in [1.165, 1.54) is 11.0 Å². The number of amides is 2. The van der Waals surface area contributed by atoms with Crippen LogP contribution in [0.2, 0.25) is 15.1 Å². The van der Waals surface area contributed by atoms with E-state index in [-0.39, 0.29) is 18.1 Å². The molecule has 0 aromatic heterocycles. The molecule has 0 fully saturated rings. The van der Waals surface area contributed by atoms with E-state index in [2.05, 4.69) is 5.32 Å². The molecular formula is C22H26Cl3N3O4S. The summed E-state index contributed by atoms with van der Waals surface area (Å²) >= 11 is 18.7. The Balaban J connectivity index is 2.49. The minimum Gasteiger partial charge on any atom is -0.355 e. The molecule has 0 aliphatic carbocycles. The summed E-state index contributed by atoms with van der Waals surface area (Å²) in [6, 6.07) is 8.78. The van der Waals surface area contributed by atoms with E-state index >= 15 is 0 Å². The Morgan fingerprint density at radius 1 is 1.09 bits per heavy atom. The van der Waals surface area contributed by atoms with Crippen molar-refractivity contribution >= 4 is 62.3 Å². The van der Waals surface area contributed by atoms with Crippen LogP contribution in [0.4, 0.5) is 5.69 Å². The number of aryl methyl sites for hydroxylation is 1. The fraction of sp³-hybridized carbons (Fsp3) is 0.364. The summed E-state index contributed by atoms with van der Waals surface area (Å²) in [5, 5.41) is 3.66. The fourth-order valence-electron chi connectivity index (χ4n) is 3.20. The van der Waals surface area contributed by atoms with Crippen molar-refractivity contribution < 1.29 is 18.0 Å². The summed E-state index contributed by atoms with van der Waals surface area (Å²) in [5.74, 6) is -0.992. The summed E-state index contributed by atoms with van der Waals surface area (Å²) < 4.78 is 26.2. The van der Waals surface area contributed by atoms with Gasteiger partial charge in [-0.2, -0.15) is 0 Å². The second kappa shape index (κ2) is 11.4. The van der Waals surface area contributed by atoms with Gasteiger partial charge in [0.25, 0.3) is 0 Å². The number of nitrogens with zero attached hydrogens (tertiary/aromatic N) is 2. The Kier molecular flexibility index (Phi) is 9.43. The topological polar surface area (TPSA) is 86.8 Å². The molecule has 0 spiro atoms. The Morgan fingerprint density at radius 2 is 1.70 bits per heavy atom. The van der Waals surface area contributed by atoms with Crippen LogP contribution in [0.3, 0.4) is 0 Å². The minimum atomic E-state index is -3.86. The van der Waals surface area contributed by atoms with Gasteiger partial charge >= 0.3 is 0 Å². The van der Waals surface area contributed by atoms with E-state index in [1.807, 2.05) is 0 Å². The van der Waals surface area contributed by atoms with Crippen molar-refractivity contribution in [1.29, 1.82) is 0 Å². The van der Waals surface area contributed by atoms with Crippen LogP contribution in [-0.4, -0.2) is 50.5 Å². The quantitative estimate of drug-likeness (QED) is 0.520. The summed E-state index contributed by atoms with van der Waals surface area (Å²) in [6.45, 7) is 4.79. The molecule has 0 aliphatic rings. The zero-order valence-electron chi connectivity index (χ0n) is 18.7. The third-order valence-electron chi connectivity index (χ3n) is 5.03. The maximum atomic E-state index is 13.5. The van der Waals surface area contributed by atoms with Crippen molar-refractivity contribution in [3.8, 4) is 0 Å². The third-order valence-corrected chi connectivity index (χ3v) is 7.10. The van der Waals surface area contributed by atoms with Crippen LogP contribution < -0.4 is 9.62 Å². The molecule has 2 aromatic carbocycles. The van der Waals surface area contributed by atoms with E-state index < -0.39 is 28.5 Å². The van der Waals surface area contributed by atoms with Crippen LogP contribution in [0.1, 0.15) is 25.0 Å². The molecule has 0 heterocycles. The molecule has 11 heteroatoms. The van der Waals surface area contributed by atoms with Gasteiger partial charge in [-0.25, -0.2) is 8.42 Å². The van der Waals surface area contributed by atoms with E-state index in [0.717, 1.165) is 10.6 Å². The number of hydrogen-bond donors (Lipinski definition) is 1. The minimum absolute atomic E-state index is 0.0816. The van der Waals surface area contributed by atoms with Crippen LogP contribution in [0.25, 0.3) is 0 Å². The highest BCUT2D eigenvalue weighted by Gasteiger charge is 2.31. The maximum absolute atomic E-state index is 13.5. The standard InChI is InChI=1S/C22H26Cl3N3O4S/c1-5-26-22(30)15(3)27(12-17-18(24)7-6-8-19(17)25)21(29)13-28(33(4,31)32)20-11-16(23)10-9-14(20)2/h6-11,15H,5,12-13H2,1-4H3,(H,26,30)/t15-/m0/s1. The lowest BCUT2D eigenvalue weighted by molar-refractivity contribution is -0.139. The molecule has 0 radical (unpaired) electrons. The molecule has 2 rings (SSSR count). The van der Waals surface area contributed by atoms with Crippen molar-refractivity contribution in [2.45, 2.75) is 33.4 Å². The van der Waals surface area contributed by atoms with Gasteiger partial charge in [-0.05, 0) is 50.6 Å². The molecule has 0 aliphatic heterocycles. The molecule has 2 amide bonds. The SMILES string of the molecule is CCNC(=O)[C@H](C)N(Cc1c(Cl)cccc1Cl)C(=O)CN(c1cc(Cl)ccc1C)S(C)(=O)=O. The molecule has 180 valence electrons. The van der Waals surface area contributed by atoms with E-state index in [4.69, 9.17) is 34.8 Å². The van der Waals surface area contributed by atoms with Gasteiger partial charge in [-0.1, -0.05) is 46.9 Å². The Hall–Kier alpha value is -2.00. The normalized spacial score (nSPS) is 12.2. The molecular weight excluding hydrogens is 509 g/mol. The molecule has 1 N–H and O–H groups in total. The van der Waals surface area contributed by atoms with Crippen molar-refractivity contribution in [3.63, 3.8) is 0 Å². The first-order valence-corrected chi connectivity index (χ1v) is 13.1. The van der Waals surface area contributed by atoms with Crippen molar-refractivity contribution in [1.82, 2.24) is 10.2 Å². The highest BCUT2D eigenvalue weighted by atomic mass is 35.5. The number of sulfonamides is 1. The summed E-state index contributed by atoms with van der Waals surface area (Å²) in [6.07, 6.45) is 1.00. The lowest BCUT2D eigenvalue weighted by atomic mass is 10.1. The maximum Gasteiger partial charge on any atom is 0.244 e. The Labute approximate surface area is 209 Å². The van der Waals surface area contributed by atoms with Gasteiger partial charge in [0.05, 0.1) is 11.9 Å². The second-order valence-electron chi connectivity index (χ2n) is 7.49. The largest absolute Gasteiger partial charge is 0.355 e. The number of likely N-dealkylation sites (N-methyl/N-ethyl adjacent to an activating group) is 1. The fourth-order valence-corrected chi connectivity index (χ4v) is 4.79. The zero-order valence-corrected chi connectivity index (χ0v) is 21.8. The van der Waals surface area contributed by atoms with Crippen molar-refractivity contribution in [3.05, 3.63) is 62.6 Å². The van der Waals surface area contributed by atoms with Crippen molar-refractivity contribution in [2.24, 2.45) is 0 Å². The number of carbonyl (C=O) groups is 2. The summed E-state index contributed by atoms with van der Waals surface area (Å²) in [4.78, 5) is 27.3. The number of nitrogens with one attached hydrogen (secondary N) is 1. The van der Waals surface area contributed by atoms with Crippen LogP contribution in [0.5, 0.6) is 0 Å². The van der Waals surface area contributed by atoms with Gasteiger partial charge in [-0.3, -0.25) is 13.9 Å². The Bertz CT molecular complexity index is 1120. The predicted octanol–water partition coefficient (Wildman–Crippen LogP) is 4.27. The van der Waals surface area contributed by atoms with Gasteiger partial charge in [0.2, 0.25) is 21.8 Å². The first kappa shape index (κ1) is 27.2. The number of anilines is 1. The first-order chi connectivity index (χ1) is 15.4. The van der Waals surface area contributed by atoms with Gasteiger partial charge in [0.15, 0.2) is 0 Å². The van der Waals surface area contributed by atoms with Gasteiger partial charge in [0, 0.05) is 33.7 Å². The Morgan fingerprint density at radius 3 is 2.24 bits per heavy atom. The first-order valence-electron chi connectivity index (χ1n) is 10.1. The number of carbonyl (C=O) groups excluding carboxylic acids is 2. The average Bonchev–Trinajstić information content (AvgIpc) is 2.72. The highest BCUT2D eigenvalue weighted by molar-refractivity contribution is 7.92. The molecule has 0 saturated carbocycles. The van der Waals surface area contributed by atoms with Crippen LogP contribution in [-0.2, 0) is 26.2 Å². The molecule has 1 atom stereocenters. The monoisotopic (exact) mass is 533 g/mol. The molecule has 0 unspecified atom stereocenters. The predicted molar refractivity (Wildman–Crippen MR) is 134 cm³/mol.